The van der Waals surface area contributed by atoms with Crippen molar-refractivity contribution >= 4 is 5.97 Å². The van der Waals surface area contributed by atoms with Crippen molar-refractivity contribution in [3.63, 3.8) is 0 Å². The second kappa shape index (κ2) is 8.14. The van der Waals surface area contributed by atoms with Crippen molar-refractivity contribution in [2.45, 2.75) is 78.9 Å². The third-order valence-corrected chi connectivity index (χ3v) is 4.91. The lowest BCUT2D eigenvalue weighted by molar-refractivity contribution is -0.197. The standard InChI is InChI=1S/C17H34O4/c1-9-12-20-13-10-11-14(18)21-17(6,7)15(2,3)16(4,5)19-8/h9-13H2,1-8H3. The molecule has 0 aliphatic heterocycles. The fourth-order valence-corrected chi connectivity index (χ4v) is 2.01. The molecule has 0 spiro atoms. The highest BCUT2D eigenvalue weighted by atomic mass is 16.6. The predicted molar refractivity (Wildman–Crippen MR) is 85.4 cm³/mol. The van der Waals surface area contributed by atoms with Crippen LogP contribution in [0, 0.1) is 5.41 Å². The van der Waals surface area contributed by atoms with Crippen molar-refractivity contribution in [2.24, 2.45) is 5.41 Å². The second-order valence-electron chi connectivity index (χ2n) is 7.04. The fourth-order valence-electron chi connectivity index (χ4n) is 2.01. The molecule has 0 bridgehead atoms. The lowest BCUT2D eigenvalue weighted by atomic mass is 9.66. The van der Waals surface area contributed by atoms with Crippen LogP contribution in [0.15, 0.2) is 0 Å². The van der Waals surface area contributed by atoms with E-state index in [0.29, 0.717) is 19.4 Å². The first kappa shape index (κ1) is 20.4. The van der Waals surface area contributed by atoms with Gasteiger partial charge in [0.05, 0.1) is 5.60 Å². The van der Waals surface area contributed by atoms with Crippen molar-refractivity contribution in [2.75, 3.05) is 20.3 Å². The number of ether oxygens (including phenoxy) is 3. The molecule has 0 atom stereocenters. The van der Waals surface area contributed by atoms with E-state index in [1.54, 1.807) is 7.11 Å². The zero-order valence-electron chi connectivity index (χ0n) is 15.2. The van der Waals surface area contributed by atoms with E-state index in [4.69, 9.17) is 14.2 Å². The van der Waals surface area contributed by atoms with Gasteiger partial charge in [-0.1, -0.05) is 20.8 Å². The van der Waals surface area contributed by atoms with E-state index >= 15 is 0 Å². The molecule has 0 amide bonds. The van der Waals surface area contributed by atoms with Gasteiger partial charge in [0.1, 0.15) is 5.60 Å². The summed E-state index contributed by atoms with van der Waals surface area (Å²) in [5, 5.41) is 0. The summed E-state index contributed by atoms with van der Waals surface area (Å²) in [6.45, 7) is 15.5. The molecule has 0 fully saturated rings. The summed E-state index contributed by atoms with van der Waals surface area (Å²) >= 11 is 0. The Morgan fingerprint density at radius 2 is 1.52 bits per heavy atom. The molecule has 4 heteroatoms. The summed E-state index contributed by atoms with van der Waals surface area (Å²) in [5.74, 6) is -0.180. The topological polar surface area (TPSA) is 44.8 Å². The Balaban J connectivity index is 4.49. The Morgan fingerprint density at radius 1 is 0.952 bits per heavy atom. The van der Waals surface area contributed by atoms with Crippen LogP contribution < -0.4 is 0 Å². The molecule has 0 heterocycles. The number of esters is 1. The Morgan fingerprint density at radius 3 is 2.00 bits per heavy atom. The third-order valence-electron chi connectivity index (χ3n) is 4.91. The summed E-state index contributed by atoms with van der Waals surface area (Å²) in [6.07, 6.45) is 2.08. The highest BCUT2D eigenvalue weighted by Crippen LogP contribution is 2.44. The Bertz CT molecular complexity index is 319. The normalized spacial score (nSPS) is 13.3. The molecular formula is C17H34O4. The predicted octanol–water partition coefficient (Wildman–Crippen LogP) is 3.97. The molecule has 0 saturated heterocycles. The van der Waals surface area contributed by atoms with Crippen LogP contribution in [0.2, 0.25) is 0 Å². The Hall–Kier alpha value is -0.610. The fraction of sp³-hybridized carbons (Fsp3) is 0.941. The van der Waals surface area contributed by atoms with E-state index in [1.165, 1.54) is 0 Å². The lowest BCUT2D eigenvalue weighted by Crippen LogP contribution is -2.56. The summed E-state index contributed by atoms with van der Waals surface area (Å²) in [4.78, 5) is 12.0. The quantitative estimate of drug-likeness (QED) is 0.452. The first-order chi connectivity index (χ1) is 9.52. The molecule has 0 aromatic heterocycles. The largest absolute Gasteiger partial charge is 0.459 e. The molecule has 4 nitrogen and oxygen atoms in total. The molecule has 0 N–H and O–H groups in total. The molecule has 0 radical (unpaired) electrons. The highest BCUT2D eigenvalue weighted by Gasteiger charge is 2.50. The molecule has 21 heavy (non-hydrogen) atoms. The summed E-state index contributed by atoms with van der Waals surface area (Å²) in [5.41, 5.74) is -1.35. The van der Waals surface area contributed by atoms with E-state index < -0.39 is 11.2 Å². The monoisotopic (exact) mass is 302 g/mol. The van der Waals surface area contributed by atoms with Gasteiger partial charge in [0, 0.05) is 32.2 Å². The SMILES string of the molecule is CCCOCCCC(=O)OC(C)(C)C(C)(C)C(C)(C)OC. The minimum atomic E-state index is -0.617. The van der Waals surface area contributed by atoms with Gasteiger partial charge in [-0.15, -0.1) is 0 Å². The maximum absolute atomic E-state index is 12.0. The van der Waals surface area contributed by atoms with Gasteiger partial charge >= 0.3 is 5.97 Å². The van der Waals surface area contributed by atoms with Gasteiger partial charge in [-0.2, -0.15) is 0 Å². The maximum Gasteiger partial charge on any atom is 0.306 e. The Labute approximate surface area is 130 Å². The van der Waals surface area contributed by atoms with Gasteiger partial charge in [-0.3, -0.25) is 4.79 Å². The van der Waals surface area contributed by atoms with Crippen LogP contribution >= 0.6 is 0 Å². The number of carbonyl (C=O) groups is 1. The van der Waals surface area contributed by atoms with E-state index in [2.05, 4.69) is 20.8 Å². The van der Waals surface area contributed by atoms with Crippen LogP contribution in [0.3, 0.4) is 0 Å². The van der Waals surface area contributed by atoms with E-state index in [9.17, 15) is 4.79 Å². The minimum Gasteiger partial charge on any atom is -0.459 e. The molecular weight excluding hydrogens is 268 g/mol. The van der Waals surface area contributed by atoms with Crippen LogP contribution in [0.5, 0.6) is 0 Å². The van der Waals surface area contributed by atoms with Crippen molar-refractivity contribution in [3.05, 3.63) is 0 Å². The first-order valence-corrected chi connectivity index (χ1v) is 7.86. The van der Waals surface area contributed by atoms with Crippen molar-refractivity contribution < 1.29 is 19.0 Å². The van der Waals surface area contributed by atoms with Gasteiger partial charge in [0.2, 0.25) is 0 Å². The van der Waals surface area contributed by atoms with Crippen LogP contribution in [-0.2, 0) is 19.0 Å². The van der Waals surface area contributed by atoms with Gasteiger partial charge in [0.15, 0.2) is 0 Å². The van der Waals surface area contributed by atoms with Gasteiger partial charge in [-0.05, 0) is 40.5 Å². The van der Waals surface area contributed by atoms with Crippen LogP contribution in [0.4, 0.5) is 0 Å². The summed E-state index contributed by atoms with van der Waals surface area (Å²) < 4.78 is 16.7. The van der Waals surface area contributed by atoms with Crippen molar-refractivity contribution in [1.29, 1.82) is 0 Å². The maximum atomic E-state index is 12.0. The highest BCUT2D eigenvalue weighted by molar-refractivity contribution is 5.69. The summed E-state index contributed by atoms with van der Waals surface area (Å²) in [6, 6.07) is 0. The lowest BCUT2D eigenvalue weighted by Gasteiger charge is -2.50. The molecule has 0 saturated carbocycles. The van der Waals surface area contributed by atoms with Gasteiger partial charge < -0.3 is 14.2 Å². The van der Waals surface area contributed by atoms with Gasteiger partial charge in [-0.25, -0.2) is 0 Å². The smallest absolute Gasteiger partial charge is 0.306 e. The average Bonchev–Trinajstić information content (AvgIpc) is 2.37. The number of hydrogen-bond donors (Lipinski definition) is 0. The number of rotatable bonds is 10. The molecule has 0 aromatic carbocycles. The molecule has 0 aromatic rings. The summed E-state index contributed by atoms with van der Waals surface area (Å²) in [7, 11) is 1.69. The van der Waals surface area contributed by atoms with E-state index in [-0.39, 0.29) is 11.4 Å². The van der Waals surface area contributed by atoms with Crippen molar-refractivity contribution in [1.82, 2.24) is 0 Å². The number of hydrogen-bond acceptors (Lipinski definition) is 4. The number of carbonyl (C=O) groups excluding carboxylic acids is 1. The molecule has 126 valence electrons. The molecule has 0 aliphatic rings. The molecule has 0 unspecified atom stereocenters. The van der Waals surface area contributed by atoms with Crippen LogP contribution in [-0.4, -0.2) is 37.5 Å². The zero-order valence-corrected chi connectivity index (χ0v) is 15.2. The third kappa shape index (κ3) is 5.59. The second-order valence-corrected chi connectivity index (χ2v) is 7.04. The average molecular weight is 302 g/mol. The van der Waals surface area contributed by atoms with Crippen LogP contribution in [0.25, 0.3) is 0 Å². The Kier molecular flexibility index (Phi) is 7.90. The first-order valence-electron chi connectivity index (χ1n) is 7.86. The number of methoxy groups -OCH3 is 1. The molecule has 0 rings (SSSR count). The van der Waals surface area contributed by atoms with E-state index in [1.807, 2.05) is 27.7 Å². The minimum absolute atomic E-state index is 0.180. The van der Waals surface area contributed by atoms with E-state index in [0.717, 1.165) is 13.0 Å². The zero-order chi connectivity index (χ0) is 16.7. The van der Waals surface area contributed by atoms with Gasteiger partial charge in [0.25, 0.3) is 0 Å². The van der Waals surface area contributed by atoms with Crippen LogP contribution in [0.1, 0.15) is 67.7 Å². The van der Waals surface area contributed by atoms with Crippen molar-refractivity contribution in [3.8, 4) is 0 Å². The molecule has 0 aliphatic carbocycles.